The number of anilines is 1. The fourth-order valence-corrected chi connectivity index (χ4v) is 10.5. The molecule has 16 nitrogen and oxygen atoms in total. The van der Waals surface area contributed by atoms with Crippen molar-refractivity contribution in [1.82, 2.24) is 40.6 Å². The number of piperazine rings is 1. The molecule has 0 unspecified atom stereocenters. The molecule has 3 fully saturated rings. The maximum atomic E-state index is 14.1. The molecule has 0 spiro atoms. The second-order valence-electron chi connectivity index (χ2n) is 20.4. The Morgan fingerprint density at radius 1 is 0.861 bits per heavy atom. The van der Waals surface area contributed by atoms with E-state index in [1.54, 1.807) is 29.8 Å². The van der Waals surface area contributed by atoms with Gasteiger partial charge in [0, 0.05) is 108 Å². The third kappa shape index (κ3) is 14.8. The number of amides is 6. The fourth-order valence-electron chi connectivity index (χ4n) is 9.68. The van der Waals surface area contributed by atoms with Crippen LogP contribution >= 0.6 is 11.3 Å². The Hall–Kier alpha value is -6.46. The largest absolute Gasteiger partial charge is 0.391 e. The van der Waals surface area contributed by atoms with Crippen molar-refractivity contribution >= 4 is 58.5 Å². The molecule has 0 radical (unpaired) electrons. The molecule has 3 aliphatic heterocycles. The SMILES string of the molecule is Cc1ncsc1-c1ccc(CNC(=O)[C@@H]2C[C@@H](O)CN2C(=O)[C@@H](NC(=O)CCCC(=O)N2CCN(c3ccc(C(=O)N4CCC(CCCCNC(=O)/C=C/c5cccnc5)CC4)cc3)CC2)C(C)(C)C)cc1. The molecule has 4 N–H and O–H groups in total. The van der Waals surface area contributed by atoms with Gasteiger partial charge in [0.15, 0.2) is 0 Å². The lowest BCUT2D eigenvalue weighted by atomic mass is 9.85. The number of benzene rings is 2. The lowest BCUT2D eigenvalue weighted by Gasteiger charge is -2.36. The first-order valence-electron chi connectivity index (χ1n) is 25.5. The Balaban J connectivity index is 0.779. The van der Waals surface area contributed by atoms with Crippen LogP contribution in [0.25, 0.3) is 16.5 Å². The van der Waals surface area contributed by atoms with Crippen molar-refractivity contribution in [2.45, 2.75) is 110 Å². The van der Waals surface area contributed by atoms with Gasteiger partial charge in [-0.3, -0.25) is 33.8 Å². The highest BCUT2D eigenvalue weighted by Crippen LogP contribution is 2.29. The molecule has 72 heavy (non-hydrogen) atoms. The molecule has 4 aromatic rings. The van der Waals surface area contributed by atoms with Gasteiger partial charge < -0.3 is 40.7 Å². The Morgan fingerprint density at radius 2 is 1.60 bits per heavy atom. The third-order valence-electron chi connectivity index (χ3n) is 14.0. The maximum Gasteiger partial charge on any atom is 0.253 e. The summed E-state index contributed by atoms with van der Waals surface area (Å²) in [6, 6.07) is 17.5. The Labute approximate surface area is 427 Å². The van der Waals surface area contributed by atoms with E-state index in [4.69, 9.17) is 0 Å². The Kier molecular flexibility index (Phi) is 18.7. The topological polar surface area (TPSA) is 197 Å². The van der Waals surface area contributed by atoms with Crippen molar-refractivity contribution in [3.05, 3.63) is 107 Å². The van der Waals surface area contributed by atoms with Crippen LogP contribution < -0.4 is 20.9 Å². The van der Waals surface area contributed by atoms with E-state index < -0.39 is 29.5 Å². The number of β-amino-alcohol motifs (C(OH)–C–C–N with tert-alkyl or cyclic N) is 1. The molecule has 2 aromatic carbocycles. The molecule has 3 aliphatic rings. The van der Waals surface area contributed by atoms with Crippen LogP contribution in [0.2, 0.25) is 0 Å². The van der Waals surface area contributed by atoms with Crippen LogP contribution in [0.1, 0.15) is 106 Å². The number of hydrogen-bond acceptors (Lipinski definition) is 11. The van der Waals surface area contributed by atoms with Crippen molar-refractivity contribution < 1.29 is 33.9 Å². The number of aromatic nitrogens is 2. The number of hydrogen-bond donors (Lipinski definition) is 4. The first kappa shape index (κ1) is 53.3. The number of carbonyl (C=O) groups excluding carboxylic acids is 6. The number of piperidine rings is 1. The maximum absolute atomic E-state index is 14.1. The van der Waals surface area contributed by atoms with Gasteiger partial charge in [-0.2, -0.15) is 0 Å². The van der Waals surface area contributed by atoms with E-state index in [-0.39, 0.29) is 61.9 Å². The van der Waals surface area contributed by atoms with Crippen molar-refractivity contribution in [1.29, 1.82) is 0 Å². The Bertz CT molecular complexity index is 2490. The lowest BCUT2D eigenvalue weighted by Crippen LogP contribution is -2.57. The minimum Gasteiger partial charge on any atom is -0.391 e. The molecular weight excluding hydrogens is 931 g/mol. The zero-order chi connectivity index (χ0) is 51.2. The van der Waals surface area contributed by atoms with E-state index in [2.05, 4.69) is 30.8 Å². The zero-order valence-electron chi connectivity index (χ0n) is 42.2. The first-order valence-corrected chi connectivity index (χ1v) is 26.3. The van der Waals surface area contributed by atoms with E-state index in [9.17, 15) is 33.9 Å². The normalized spacial score (nSPS) is 18.0. The first-order chi connectivity index (χ1) is 34.6. The van der Waals surface area contributed by atoms with Gasteiger partial charge in [0.25, 0.3) is 5.91 Å². The molecule has 3 saturated heterocycles. The van der Waals surface area contributed by atoms with Crippen LogP contribution in [0.5, 0.6) is 0 Å². The summed E-state index contributed by atoms with van der Waals surface area (Å²) >= 11 is 1.57. The number of pyridine rings is 1. The number of unbranched alkanes of at least 4 members (excludes halogenated alkanes) is 1. The second kappa shape index (κ2) is 25.3. The average Bonchev–Trinajstić information content (AvgIpc) is 4.01. The van der Waals surface area contributed by atoms with Gasteiger partial charge in [-0.05, 0) is 97.0 Å². The van der Waals surface area contributed by atoms with Gasteiger partial charge >= 0.3 is 0 Å². The summed E-state index contributed by atoms with van der Waals surface area (Å²) in [7, 11) is 0. The van der Waals surface area contributed by atoms with Crippen LogP contribution in [0.4, 0.5) is 5.69 Å². The van der Waals surface area contributed by atoms with Crippen molar-refractivity contribution in [3.63, 3.8) is 0 Å². The van der Waals surface area contributed by atoms with Gasteiger partial charge in [0.2, 0.25) is 29.5 Å². The van der Waals surface area contributed by atoms with E-state index in [1.807, 2.05) is 104 Å². The molecule has 3 atom stereocenters. The Morgan fingerprint density at radius 3 is 2.26 bits per heavy atom. The van der Waals surface area contributed by atoms with Gasteiger partial charge in [-0.15, -0.1) is 11.3 Å². The average molecular weight is 1000 g/mol. The standard InChI is InChI=1S/C55H71N9O7S/c1-38-50(72-37-59-38)42-16-13-41(14-17-42)35-58-52(69)46-33-45(65)36-64(46)54(71)51(55(2,3)4)60-48(67)11-7-12-49(68)62-31-29-61(30-32-62)44-20-18-43(19-21-44)53(70)63-27-23-39(24-28-63)9-5-6-26-57-47(66)22-15-40-10-8-25-56-34-40/h8,10,13-22,25,34,37,39,45-46,51,65H,5-7,9,11-12,23-24,26-33,35-36H2,1-4H3,(H,57,66)(H,58,69)(H,60,67)/b22-15+/t45-,46+,51-/m1/s1. The highest BCUT2D eigenvalue weighted by molar-refractivity contribution is 7.13. The number of nitrogens with one attached hydrogen (secondary N) is 3. The van der Waals surface area contributed by atoms with Crippen LogP contribution in [0.3, 0.4) is 0 Å². The number of aliphatic hydroxyl groups is 1. The predicted octanol–water partition coefficient (Wildman–Crippen LogP) is 5.99. The van der Waals surface area contributed by atoms with Crippen molar-refractivity contribution in [2.75, 3.05) is 57.3 Å². The van der Waals surface area contributed by atoms with E-state index in [1.165, 1.54) is 11.0 Å². The number of likely N-dealkylation sites (tertiary alicyclic amines) is 2. The van der Waals surface area contributed by atoms with E-state index in [0.717, 1.165) is 78.1 Å². The quantitative estimate of drug-likeness (QED) is 0.0640. The summed E-state index contributed by atoms with van der Waals surface area (Å²) in [5.74, 6) is -0.684. The monoisotopic (exact) mass is 1000 g/mol. The highest BCUT2D eigenvalue weighted by Gasteiger charge is 2.44. The van der Waals surface area contributed by atoms with Gasteiger partial charge in [-0.1, -0.05) is 63.9 Å². The number of nitrogens with zero attached hydrogens (tertiary/aromatic N) is 6. The molecule has 0 aliphatic carbocycles. The highest BCUT2D eigenvalue weighted by atomic mass is 32.1. The van der Waals surface area contributed by atoms with Gasteiger partial charge in [0.1, 0.15) is 12.1 Å². The molecule has 5 heterocycles. The number of aliphatic hydroxyl groups excluding tert-OH is 1. The lowest BCUT2D eigenvalue weighted by molar-refractivity contribution is -0.144. The number of aryl methyl sites for hydroxylation is 1. The van der Waals surface area contributed by atoms with E-state index >= 15 is 0 Å². The molecule has 384 valence electrons. The second-order valence-corrected chi connectivity index (χ2v) is 21.2. The molecule has 6 amide bonds. The van der Waals surface area contributed by atoms with Crippen LogP contribution in [-0.4, -0.2) is 136 Å². The molecule has 0 bridgehead atoms. The smallest absolute Gasteiger partial charge is 0.253 e. The van der Waals surface area contributed by atoms with Crippen molar-refractivity contribution in [2.24, 2.45) is 11.3 Å². The van der Waals surface area contributed by atoms with E-state index in [0.29, 0.717) is 50.6 Å². The van der Waals surface area contributed by atoms with Crippen molar-refractivity contribution in [3.8, 4) is 10.4 Å². The zero-order valence-corrected chi connectivity index (χ0v) is 43.0. The van der Waals surface area contributed by atoms with Gasteiger partial charge in [0.05, 0.1) is 22.2 Å². The molecular formula is C55H71N9O7S. The number of carbonyl (C=O) groups is 6. The number of thiazole rings is 1. The fraction of sp³-hybridized carbons (Fsp3) is 0.491. The minimum atomic E-state index is -0.954. The molecule has 0 saturated carbocycles. The third-order valence-corrected chi connectivity index (χ3v) is 14.9. The summed E-state index contributed by atoms with van der Waals surface area (Å²) in [5.41, 5.74) is 6.56. The summed E-state index contributed by atoms with van der Waals surface area (Å²) in [4.78, 5) is 96.6. The molecule has 17 heteroatoms. The summed E-state index contributed by atoms with van der Waals surface area (Å²) < 4.78 is 0. The molecule has 2 aromatic heterocycles. The number of rotatable bonds is 19. The van der Waals surface area contributed by atoms with Crippen LogP contribution in [-0.2, 0) is 30.5 Å². The summed E-state index contributed by atoms with van der Waals surface area (Å²) in [6.45, 7) is 12.2. The van der Waals surface area contributed by atoms with Gasteiger partial charge in [-0.25, -0.2) is 4.98 Å². The summed E-state index contributed by atoms with van der Waals surface area (Å²) in [6.07, 6.45) is 11.5. The predicted molar refractivity (Wildman–Crippen MR) is 279 cm³/mol. The van der Waals surface area contributed by atoms with Crippen LogP contribution in [0.15, 0.2) is 84.6 Å². The van der Waals surface area contributed by atoms with Crippen LogP contribution in [0, 0.1) is 18.3 Å². The molecule has 7 rings (SSSR count). The summed E-state index contributed by atoms with van der Waals surface area (Å²) in [5, 5.41) is 19.4. The minimum absolute atomic E-state index is 0.0178.